The predicted octanol–water partition coefficient (Wildman–Crippen LogP) is 5.70. The van der Waals surface area contributed by atoms with Gasteiger partial charge in [0.15, 0.2) is 0 Å². The Kier molecular flexibility index (Phi) is 6.71. The first-order valence-electron chi connectivity index (χ1n) is 9.79. The molecule has 0 unspecified atom stereocenters. The molecule has 152 valence electrons. The molecule has 0 saturated heterocycles. The van der Waals surface area contributed by atoms with E-state index in [1.54, 1.807) is 30.5 Å². The Balaban J connectivity index is 0.000000589. The van der Waals surface area contributed by atoms with E-state index < -0.39 is 10.0 Å². The summed E-state index contributed by atoms with van der Waals surface area (Å²) in [6, 6.07) is 26.6. The molecule has 0 aliphatic heterocycles. The Labute approximate surface area is 178 Å². The maximum Gasteiger partial charge on any atom is 0.268 e. The summed E-state index contributed by atoms with van der Waals surface area (Å²) >= 11 is 0. The number of hydrogen-bond acceptors (Lipinski definition) is 3. The van der Waals surface area contributed by atoms with Gasteiger partial charge in [0, 0.05) is 18.0 Å². The molecule has 0 amide bonds. The van der Waals surface area contributed by atoms with Crippen LogP contribution >= 0.6 is 0 Å². The van der Waals surface area contributed by atoms with Gasteiger partial charge >= 0.3 is 0 Å². The number of aryl methyl sites for hydroxylation is 1. The fraction of sp³-hybridized carbons (Fsp3) is 0.160. The molecule has 4 rings (SSSR count). The molecule has 1 aromatic heterocycles. The van der Waals surface area contributed by atoms with Gasteiger partial charge in [-0.1, -0.05) is 55.5 Å². The molecule has 30 heavy (non-hydrogen) atoms. The minimum atomic E-state index is -3.58. The average Bonchev–Trinajstić information content (AvgIpc) is 3.20. The highest BCUT2D eigenvalue weighted by Gasteiger charge is 2.18. The minimum absolute atomic E-state index is 0.293. The van der Waals surface area contributed by atoms with Crippen LogP contribution in [0.3, 0.4) is 0 Å². The quantitative estimate of drug-likeness (QED) is 0.429. The van der Waals surface area contributed by atoms with Gasteiger partial charge in [-0.2, -0.15) is 5.26 Å². The maximum atomic E-state index is 12.9. The number of fused-ring (bicyclic) bond motifs is 1. The summed E-state index contributed by atoms with van der Waals surface area (Å²) < 4.78 is 27.1. The van der Waals surface area contributed by atoms with Crippen LogP contribution < -0.4 is 0 Å². The fourth-order valence-electron chi connectivity index (χ4n) is 3.22. The lowest BCUT2D eigenvalue weighted by Gasteiger charge is -2.09. The van der Waals surface area contributed by atoms with Gasteiger partial charge < -0.3 is 0 Å². The van der Waals surface area contributed by atoms with E-state index in [1.807, 2.05) is 49.4 Å². The fourth-order valence-corrected chi connectivity index (χ4v) is 4.59. The first-order chi connectivity index (χ1) is 14.5. The second kappa shape index (κ2) is 9.43. The normalized spacial score (nSPS) is 10.8. The smallest absolute Gasteiger partial charge is 0.241 e. The van der Waals surface area contributed by atoms with Gasteiger partial charge in [-0.15, -0.1) is 0 Å². The Morgan fingerprint density at radius 1 is 0.933 bits per heavy atom. The predicted molar refractivity (Wildman–Crippen MR) is 121 cm³/mol. The Bertz CT molecular complexity index is 1280. The van der Waals surface area contributed by atoms with Crippen molar-refractivity contribution in [2.75, 3.05) is 0 Å². The summed E-state index contributed by atoms with van der Waals surface area (Å²) in [4.78, 5) is 0.293. The molecule has 3 aromatic carbocycles. The van der Waals surface area contributed by atoms with Crippen LogP contribution in [0.4, 0.5) is 0 Å². The third-order valence-electron chi connectivity index (χ3n) is 4.83. The van der Waals surface area contributed by atoms with E-state index >= 15 is 0 Å². The first-order valence-corrected chi connectivity index (χ1v) is 11.2. The van der Waals surface area contributed by atoms with E-state index in [2.05, 4.69) is 25.1 Å². The topological polar surface area (TPSA) is 62.9 Å². The number of rotatable bonds is 4. The van der Waals surface area contributed by atoms with E-state index in [0.29, 0.717) is 16.8 Å². The van der Waals surface area contributed by atoms with Crippen molar-refractivity contribution in [2.45, 2.75) is 31.6 Å². The van der Waals surface area contributed by atoms with Crippen LogP contribution in [0.5, 0.6) is 0 Å². The largest absolute Gasteiger partial charge is 0.268 e. The summed E-state index contributed by atoms with van der Waals surface area (Å²) in [6.45, 7) is 3.93. The van der Waals surface area contributed by atoms with E-state index in [0.717, 1.165) is 11.8 Å². The SMILES string of the molecule is CCC#N.Cc1ccccc1Cc1ccc2c(ccn2S(=O)(=O)c2ccccc2)c1. The summed E-state index contributed by atoms with van der Waals surface area (Å²) in [6.07, 6.45) is 3.09. The van der Waals surface area contributed by atoms with Crippen LogP contribution in [0, 0.1) is 18.3 Å². The lowest BCUT2D eigenvalue weighted by atomic mass is 10.00. The van der Waals surface area contributed by atoms with Crippen LogP contribution in [-0.2, 0) is 16.4 Å². The molecule has 0 bridgehead atoms. The molecule has 0 fully saturated rings. The van der Waals surface area contributed by atoms with Gasteiger partial charge in [-0.3, -0.25) is 0 Å². The van der Waals surface area contributed by atoms with Crippen molar-refractivity contribution in [3.63, 3.8) is 0 Å². The molecule has 0 spiro atoms. The molecule has 4 nitrogen and oxygen atoms in total. The molecule has 0 aliphatic carbocycles. The molecule has 0 atom stereocenters. The van der Waals surface area contributed by atoms with Crippen molar-refractivity contribution in [3.8, 4) is 6.07 Å². The number of nitrogens with zero attached hydrogens (tertiary/aromatic N) is 2. The molecule has 4 aromatic rings. The van der Waals surface area contributed by atoms with Crippen LogP contribution in [-0.4, -0.2) is 12.4 Å². The summed E-state index contributed by atoms with van der Waals surface area (Å²) in [5.74, 6) is 0. The summed E-state index contributed by atoms with van der Waals surface area (Å²) in [5, 5.41) is 8.55. The molecule has 5 heteroatoms. The highest BCUT2D eigenvalue weighted by Crippen LogP contribution is 2.24. The van der Waals surface area contributed by atoms with Crippen molar-refractivity contribution in [1.82, 2.24) is 3.97 Å². The molecule has 0 aliphatic rings. The van der Waals surface area contributed by atoms with Crippen molar-refractivity contribution < 1.29 is 8.42 Å². The van der Waals surface area contributed by atoms with Crippen molar-refractivity contribution in [2.24, 2.45) is 0 Å². The molecular weight excluding hydrogens is 392 g/mol. The monoisotopic (exact) mass is 416 g/mol. The average molecular weight is 417 g/mol. The zero-order valence-corrected chi connectivity index (χ0v) is 17.9. The van der Waals surface area contributed by atoms with Crippen molar-refractivity contribution in [3.05, 3.63) is 102 Å². The third-order valence-corrected chi connectivity index (χ3v) is 6.54. The zero-order valence-electron chi connectivity index (χ0n) is 17.1. The van der Waals surface area contributed by atoms with Crippen LogP contribution in [0.25, 0.3) is 10.9 Å². The van der Waals surface area contributed by atoms with Crippen LogP contribution in [0.1, 0.15) is 30.0 Å². The molecular formula is C25H24N2O2S. The van der Waals surface area contributed by atoms with Gasteiger partial charge in [0.1, 0.15) is 0 Å². The lowest BCUT2D eigenvalue weighted by Crippen LogP contribution is -2.11. The van der Waals surface area contributed by atoms with Crippen LogP contribution in [0.15, 0.2) is 90.0 Å². The Hall–Kier alpha value is -3.36. The van der Waals surface area contributed by atoms with E-state index in [-0.39, 0.29) is 0 Å². The van der Waals surface area contributed by atoms with Gasteiger partial charge in [-0.25, -0.2) is 12.4 Å². The van der Waals surface area contributed by atoms with E-state index in [1.165, 1.54) is 20.7 Å². The minimum Gasteiger partial charge on any atom is -0.241 e. The third kappa shape index (κ3) is 4.61. The zero-order chi connectivity index (χ0) is 21.6. The summed E-state index contributed by atoms with van der Waals surface area (Å²) in [5.41, 5.74) is 4.41. The van der Waals surface area contributed by atoms with Crippen molar-refractivity contribution in [1.29, 1.82) is 5.26 Å². The van der Waals surface area contributed by atoms with Gasteiger partial charge in [-0.05, 0) is 60.4 Å². The Morgan fingerprint density at radius 2 is 1.60 bits per heavy atom. The van der Waals surface area contributed by atoms with Crippen LogP contribution in [0.2, 0.25) is 0 Å². The molecule has 0 N–H and O–H groups in total. The van der Waals surface area contributed by atoms with Crippen molar-refractivity contribution >= 4 is 20.9 Å². The Morgan fingerprint density at radius 3 is 2.27 bits per heavy atom. The number of benzene rings is 3. The molecule has 0 radical (unpaired) electrons. The van der Waals surface area contributed by atoms with E-state index in [4.69, 9.17) is 5.26 Å². The maximum absolute atomic E-state index is 12.9. The first kappa shape index (κ1) is 21.4. The van der Waals surface area contributed by atoms with Gasteiger partial charge in [0.05, 0.1) is 16.5 Å². The second-order valence-corrected chi connectivity index (χ2v) is 8.75. The van der Waals surface area contributed by atoms with E-state index in [9.17, 15) is 8.42 Å². The number of nitriles is 1. The highest BCUT2D eigenvalue weighted by atomic mass is 32.2. The molecule has 0 saturated carbocycles. The number of aromatic nitrogens is 1. The standard InChI is InChI=1S/C22H19NO2S.C3H5N/c1-17-7-5-6-8-19(17)15-18-11-12-22-20(16-18)13-14-23(22)26(24,25)21-9-3-2-4-10-21;1-2-3-4/h2-14,16H,15H2,1H3;2H2,1H3. The second-order valence-electron chi connectivity index (χ2n) is 6.94. The number of hydrogen-bond donors (Lipinski definition) is 0. The molecule has 1 heterocycles. The van der Waals surface area contributed by atoms with Gasteiger partial charge in [0.2, 0.25) is 0 Å². The lowest BCUT2D eigenvalue weighted by molar-refractivity contribution is 0.589. The highest BCUT2D eigenvalue weighted by molar-refractivity contribution is 7.90. The van der Waals surface area contributed by atoms with Gasteiger partial charge in [0.25, 0.3) is 10.0 Å². The summed E-state index contributed by atoms with van der Waals surface area (Å²) in [7, 11) is -3.58.